The van der Waals surface area contributed by atoms with E-state index < -0.39 is 11.7 Å². The predicted molar refractivity (Wildman–Crippen MR) is 148 cm³/mol. The molecule has 2 nitrogen and oxygen atoms in total. The third-order valence-electron chi connectivity index (χ3n) is 7.34. The van der Waals surface area contributed by atoms with Crippen LogP contribution in [0.3, 0.4) is 0 Å². The van der Waals surface area contributed by atoms with Crippen molar-refractivity contribution < 1.29 is 13.2 Å². The van der Waals surface area contributed by atoms with Crippen molar-refractivity contribution in [1.29, 1.82) is 0 Å². The van der Waals surface area contributed by atoms with E-state index in [1.807, 2.05) is 24.3 Å². The van der Waals surface area contributed by atoms with Gasteiger partial charge in [0, 0.05) is 25.1 Å². The van der Waals surface area contributed by atoms with E-state index in [1.54, 1.807) is 13.0 Å². The molecule has 1 unspecified atom stereocenters. The number of benzene rings is 3. The van der Waals surface area contributed by atoms with E-state index in [2.05, 4.69) is 62.1 Å². The van der Waals surface area contributed by atoms with Gasteiger partial charge in [-0.05, 0) is 96.8 Å². The topological polar surface area (TPSA) is 6.48 Å². The van der Waals surface area contributed by atoms with Crippen molar-refractivity contribution >= 4 is 5.69 Å². The van der Waals surface area contributed by atoms with E-state index in [0.717, 1.165) is 28.8 Å². The number of anilines is 1. The molecule has 0 aromatic heterocycles. The van der Waals surface area contributed by atoms with Gasteiger partial charge in [0.05, 0.1) is 5.56 Å². The van der Waals surface area contributed by atoms with E-state index in [9.17, 15) is 13.2 Å². The Bertz CT molecular complexity index is 1240. The zero-order valence-corrected chi connectivity index (χ0v) is 22.5. The number of hydrogen-bond donors (Lipinski definition) is 0. The summed E-state index contributed by atoms with van der Waals surface area (Å²) in [5.41, 5.74) is 7.97. The molecule has 0 fully saturated rings. The summed E-state index contributed by atoms with van der Waals surface area (Å²) in [6.45, 7) is 8.21. The van der Waals surface area contributed by atoms with Gasteiger partial charge in [0.25, 0.3) is 0 Å². The third kappa shape index (κ3) is 5.87. The maximum atomic E-state index is 13.3. The summed E-state index contributed by atoms with van der Waals surface area (Å²) in [5.74, 6) is 0. The van der Waals surface area contributed by atoms with Crippen molar-refractivity contribution in [3.8, 4) is 11.1 Å². The second-order valence-electron chi connectivity index (χ2n) is 10.3. The molecule has 3 aromatic rings. The Labute approximate surface area is 219 Å². The van der Waals surface area contributed by atoms with Crippen molar-refractivity contribution in [2.75, 3.05) is 11.9 Å². The summed E-state index contributed by atoms with van der Waals surface area (Å²) in [5, 5.41) is 0. The molecule has 0 N–H and O–H groups in total. The van der Waals surface area contributed by atoms with Gasteiger partial charge < -0.3 is 9.80 Å². The van der Waals surface area contributed by atoms with Crippen LogP contribution in [0.25, 0.3) is 11.1 Å². The van der Waals surface area contributed by atoms with Crippen LogP contribution in [-0.4, -0.2) is 11.9 Å². The maximum Gasteiger partial charge on any atom is 0.416 e. The summed E-state index contributed by atoms with van der Waals surface area (Å²) in [6, 6.07) is 17.4. The Morgan fingerprint density at radius 3 is 2.03 bits per heavy atom. The van der Waals surface area contributed by atoms with Gasteiger partial charge in [0.1, 0.15) is 6.17 Å². The average molecular weight is 507 g/mol. The molecule has 196 valence electrons. The first-order chi connectivity index (χ1) is 17.6. The minimum atomic E-state index is -4.35. The summed E-state index contributed by atoms with van der Waals surface area (Å²) in [7, 11) is 1.96. The van der Waals surface area contributed by atoms with Gasteiger partial charge in [-0.25, -0.2) is 0 Å². The van der Waals surface area contributed by atoms with Crippen molar-refractivity contribution in [1.82, 2.24) is 4.90 Å². The molecule has 3 aromatic carbocycles. The highest BCUT2D eigenvalue weighted by Crippen LogP contribution is 2.41. The molecule has 1 heterocycles. The number of aryl methyl sites for hydroxylation is 4. The lowest BCUT2D eigenvalue weighted by molar-refractivity contribution is -0.137. The lowest BCUT2D eigenvalue weighted by Crippen LogP contribution is -2.30. The number of hydrogen-bond acceptors (Lipinski definition) is 2. The highest BCUT2D eigenvalue weighted by atomic mass is 19.4. The molecule has 0 aliphatic carbocycles. The predicted octanol–water partition coefficient (Wildman–Crippen LogP) is 9.34. The van der Waals surface area contributed by atoms with E-state index in [4.69, 9.17) is 0 Å². The maximum absolute atomic E-state index is 13.3. The molecule has 0 bridgehead atoms. The first-order valence-corrected chi connectivity index (χ1v) is 13.2. The summed E-state index contributed by atoms with van der Waals surface area (Å²) in [4.78, 5) is 4.21. The molecule has 5 heteroatoms. The molecular formula is C32H37F3N2. The Hall–Kier alpha value is -3.21. The van der Waals surface area contributed by atoms with Gasteiger partial charge in [-0.15, -0.1) is 0 Å². The summed E-state index contributed by atoms with van der Waals surface area (Å²) in [6.07, 6.45) is 5.63. The van der Waals surface area contributed by atoms with Gasteiger partial charge in [0.2, 0.25) is 0 Å². The molecule has 0 saturated heterocycles. The lowest BCUT2D eigenvalue weighted by atomic mass is 9.95. The molecule has 37 heavy (non-hydrogen) atoms. The van der Waals surface area contributed by atoms with Gasteiger partial charge >= 0.3 is 6.18 Å². The molecular weight excluding hydrogens is 469 g/mol. The van der Waals surface area contributed by atoms with E-state index in [1.165, 1.54) is 54.5 Å². The molecule has 0 saturated carbocycles. The minimum absolute atomic E-state index is 0.211. The molecule has 1 aliphatic heterocycles. The summed E-state index contributed by atoms with van der Waals surface area (Å²) >= 11 is 0. The molecule has 0 radical (unpaired) electrons. The van der Waals surface area contributed by atoms with Crippen molar-refractivity contribution in [3.05, 3.63) is 100 Å². The fraction of sp³-hybridized carbons (Fsp3) is 0.375. The second-order valence-corrected chi connectivity index (χ2v) is 10.3. The minimum Gasteiger partial charge on any atom is -0.355 e. The van der Waals surface area contributed by atoms with Gasteiger partial charge in [-0.2, -0.15) is 13.2 Å². The monoisotopic (exact) mass is 506 g/mol. The third-order valence-corrected chi connectivity index (χ3v) is 7.34. The van der Waals surface area contributed by atoms with Gasteiger partial charge in [0.15, 0.2) is 0 Å². The highest BCUT2D eigenvalue weighted by Gasteiger charge is 2.34. The first-order valence-electron chi connectivity index (χ1n) is 13.2. The lowest BCUT2D eigenvalue weighted by Gasteiger charge is -2.34. The highest BCUT2D eigenvalue weighted by molar-refractivity contribution is 5.73. The van der Waals surface area contributed by atoms with Gasteiger partial charge in [-0.1, -0.05) is 56.5 Å². The largest absolute Gasteiger partial charge is 0.416 e. The van der Waals surface area contributed by atoms with E-state index >= 15 is 0 Å². The van der Waals surface area contributed by atoms with Crippen LogP contribution in [0.5, 0.6) is 0 Å². The first kappa shape index (κ1) is 26.8. The second kappa shape index (κ2) is 11.0. The Kier molecular flexibility index (Phi) is 8.01. The van der Waals surface area contributed by atoms with Crippen LogP contribution in [0.4, 0.5) is 18.9 Å². The zero-order valence-electron chi connectivity index (χ0n) is 22.5. The fourth-order valence-corrected chi connectivity index (χ4v) is 5.39. The standard InChI is InChI=1S/C32H37F3N2/c1-6-7-8-9-10-25-11-13-26(14-12-25)27-19-23(3)30(24(4)20-27)37-18-17-36(5)31(37)29-16-15-28(21-22(29)2)32(33,34)35/h11-21,31H,6-10H2,1-5H3. The van der Waals surface area contributed by atoms with Crippen molar-refractivity contribution in [2.24, 2.45) is 0 Å². The van der Waals surface area contributed by atoms with Crippen LogP contribution in [-0.2, 0) is 12.6 Å². The average Bonchev–Trinajstić information content (AvgIpc) is 3.21. The number of rotatable bonds is 8. The SMILES string of the molecule is CCCCCCc1ccc(-c2cc(C)c(N3C=CN(C)C3c3ccc(C(F)(F)F)cc3C)c(C)c2)cc1. The number of halogens is 3. The van der Waals surface area contributed by atoms with E-state index in [0.29, 0.717) is 5.56 Å². The van der Waals surface area contributed by atoms with Crippen molar-refractivity contribution in [3.63, 3.8) is 0 Å². The number of alkyl halides is 3. The zero-order chi connectivity index (χ0) is 26.7. The van der Waals surface area contributed by atoms with Crippen LogP contribution in [0.2, 0.25) is 0 Å². The quantitative estimate of drug-likeness (QED) is 0.281. The smallest absolute Gasteiger partial charge is 0.355 e. The van der Waals surface area contributed by atoms with Crippen LogP contribution >= 0.6 is 0 Å². The Balaban J connectivity index is 1.60. The molecule has 0 spiro atoms. The fourth-order valence-electron chi connectivity index (χ4n) is 5.39. The molecule has 0 amide bonds. The Morgan fingerprint density at radius 2 is 1.43 bits per heavy atom. The Morgan fingerprint density at radius 1 is 0.757 bits per heavy atom. The van der Waals surface area contributed by atoms with E-state index in [-0.39, 0.29) is 6.17 Å². The van der Waals surface area contributed by atoms with Crippen molar-refractivity contribution in [2.45, 2.75) is 72.1 Å². The summed E-state index contributed by atoms with van der Waals surface area (Å²) < 4.78 is 39.8. The number of unbranched alkanes of at least 4 members (excludes halogenated alkanes) is 3. The number of nitrogens with zero attached hydrogens (tertiary/aromatic N) is 2. The van der Waals surface area contributed by atoms with Gasteiger partial charge in [-0.3, -0.25) is 0 Å². The van der Waals surface area contributed by atoms with Crippen LogP contribution in [0, 0.1) is 20.8 Å². The molecule has 1 aliphatic rings. The van der Waals surface area contributed by atoms with Crippen LogP contribution < -0.4 is 4.90 Å². The molecule has 1 atom stereocenters. The normalized spacial score (nSPS) is 15.6. The molecule has 4 rings (SSSR count). The van der Waals surface area contributed by atoms with Crippen LogP contribution in [0.1, 0.15) is 72.2 Å². The van der Waals surface area contributed by atoms with Crippen LogP contribution in [0.15, 0.2) is 67.0 Å².